The van der Waals surface area contributed by atoms with Crippen LogP contribution >= 0.6 is 0 Å². The molecule has 130 valence electrons. The fourth-order valence-electron chi connectivity index (χ4n) is 3.53. The van der Waals surface area contributed by atoms with Crippen molar-refractivity contribution in [2.75, 3.05) is 19.6 Å². The highest BCUT2D eigenvalue weighted by Crippen LogP contribution is 2.43. The van der Waals surface area contributed by atoms with E-state index in [4.69, 9.17) is 0 Å². The van der Waals surface area contributed by atoms with Gasteiger partial charge in [0.1, 0.15) is 0 Å². The zero-order valence-corrected chi connectivity index (χ0v) is 13.0. The molecule has 0 saturated carbocycles. The standard InChI is InChI=1S/C16H16F4N2O2/c1-9-4-11(17)12(18)5-10(9)13(23)22-7-15(2-3-21-14(15)24)6-16(19,20)8-22/h4-5H,2-3,6-8H2,1H3,(H,21,24)/t15-/m0/s1. The van der Waals surface area contributed by atoms with Gasteiger partial charge in [-0.15, -0.1) is 0 Å². The molecule has 0 unspecified atom stereocenters. The number of likely N-dealkylation sites (tertiary alicyclic amines) is 1. The van der Waals surface area contributed by atoms with E-state index in [0.717, 1.165) is 11.0 Å². The van der Waals surface area contributed by atoms with Gasteiger partial charge in [-0.05, 0) is 31.0 Å². The van der Waals surface area contributed by atoms with Crippen LogP contribution in [0.1, 0.15) is 28.8 Å². The molecule has 2 heterocycles. The van der Waals surface area contributed by atoms with Gasteiger partial charge in [0.15, 0.2) is 11.6 Å². The molecule has 0 radical (unpaired) electrons. The maximum Gasteiger partial charge on any atom is 0.266 e. The predicted octanol–water partition coefficient (Wildman–Crippen LogP) is 2.26. The van der Waals surface area contributed by atoms with E-state index in [1.807, 2.05) is 0 Å². The number of rotatable bonds is 1. The van der Waals surface area contributed by atoms with E-state index in [1.165, 1.54) is 6.92 Å². The lowest BCUT2D eigenvalue weighted by Gasteiger charge is -2.42. The van der Waals surface area contributed by atoms with E-state index in [9.17, 15) is 27.2 Å². The minimum absolute atomic E-state index is 0.151. The molecule has 4 nitrogen and oxygen atoms in total. The summed E-state index contributed by atoms with van der Waals surface area (Å²) in [6, 6.07) is 1.56. The summed E-state index contributed by atoms with van der Waals surface area (Å²) in [7, 11) is 0. The Labute approximate surface area is 135 Å². The number of amides is 2. The molecule has 1 aromatic rings. The molecule has 1 atom stereocenters. The van der Waals surface area contributed by atoms with E-state index in [-0.39, 0.29) is 30.6 Å². The molecule has 8 heteroatoms. The summed E-state index contributed by atoms with van der Waals surface area (Å²) in [6.07, 6.45) is -0.408. The number of piperidine rings is 1. The zero-order chi connectivity index (χ0) is 17.7. The normalized spacial score (nSPS) is 25.9. The SMILES string of the molecule is Cc1cc(F)c(F)cc1C(=O)N1CC(F)(F)C[C@@]2(CCNC2=O)C1. The number of hydrogen-bond acceptors (Lipinski definition) is 2. The van der Waals surface area contributed by atoms with E-state index >= 15 is 0 Å². The van der Waals surface area contributed by atoms with Gasteiger partial charge in [0, 0.05) is 25.1 Å². The second-order valence-electron chi connectivity index (χ2n) is 6.56. The number of nitrogens with one attached hydrogen (secondary N) is 1. The summed E-state index contributed by atoms with van der Waals surface area (Å²) >= 11 is 0. The minimum Gasteiger partial charge on any atom is -0.356 e. The molecule has 2 saturated heterocycles. The fraction of sp³-hybridized carbons (Fsp3) is 0.500. The Hall–Kier alpha value is -2.12. The number of alkyl halides is 2. The highest BCUT2D eigenvalue weighted by atomic mass is 19.3. The van der Waals surface area contributed by atoms with Crippen molar-refractivity contribution in [3.63, 3.8) is 0 Å². The largest absolute Gasteiger partial charge is 0.356 e. The Morgan fingerprint density at radius 1 is 1.21 bits per heavy atom. The van der Waals surface area contributed by atoms with E-state index in [0.29, 0.717) is 6.07 Å². The number of nitrogens with zero attached hydrogens (tertiary/aromatic N) is 1. The summed E-state index contributed by atoms with van der Waals surface area (Å²) in [5.41, 5.74) is -1.36. The molecule has 2 aliphatic rings. The lowest BCUT2D eigenvalue weighted by molar-refractivity contribution is -0.144. The van der Waals surface area contributed by atoms with Crippen molar-refractivity contribution in [2.24, 2.45) is 5.41 Å². The van der Waals surface area contributed by atoms with Gasteiger partial charge in [-0.3, -0.25) is 9.59 Å². The maximum absolute atomic E-state index is 14.1. The Morgan fingerprint density at radius 2 is 1.88 bits per heavy atom. The molecule has 24 heavy (non-hydrogen) atoms. The van der Waals surface area contributed by atoms with Crippen molar-refractivity contribution in [3.05, 3.63) is 34.9 Å². The third kappa shape index (κ3) is 2.74. The topological polar surface area (TPSA) is 49.4 Å². The van der Waals surface area contributed by atoms with Crippen LogP contribution in [0.25, 0.3) is 0 Å². The fourth-order valence-corrected chi connectivity index (χ4v) is 3.53. The van der Waals surface area contributed by atoms with Gasteiger partial charge in [-0.25, -0.2) is 17.6 Å². The van der Waals surface area contributed by atoms with Crippen LogP contribution in [-0.2, 0) is 4.79 Å². The van der Waals surface area contributed by atoms with E-state index < -0.39 is 47.8 Å². The molecule has 2 aliphatic heterocycles. The van der Waals surface area contributed by atoms with Gasteiger partial charge in [0.2, 0.25) is 5.91 Å². The van der Waals surface area contributed by atoms with Crippen molar-refractivity contribution in [1.29, 1.82) is 0 Å². The molecule has 0 bridgehead atoms. The zero-order valence-electron chi connectivity index (χ0n) is 13.0. The first-order valence-corrected chi connectivity index (χ1v) is 7.55. The first-order valence-electron chi connectivity index (χ1n) is 7.55. The van der Waals surface area contributed by atoms with Crippen LogP contribution in [0.3, 0.4) is 0 Å². The predicted molar refractivity (Wildman–Crippen MR) is 76.6 cm³/mol. The minimum atomic E-state index is -3.22. The number of carbonyl (C=O) groups excluding carboxylic acids is 2. The highest BCUT2D eigenvalue weighted by Gasteiger charge is 2.55. The van der Waals surface area contributed by atoms with Gasteiger partial charge < -0.3 is 10.2 Å². The summed E-state index contributed by atoms with van der Waals surface area (Å²) in [6.45, 7) is 0.669. The summed E-state index contributed by atoms with van der Waals surface area (Å²) in [5.74, 6) is -6.88. The van der Waals surface area contributed by atoms with Crippen LogP contribution in [0.5, 0.6) is 0 Å². The average molecular weight is 344 g/mol. The number of carbonyl (C=O) groups is 2. The number of halogens is 4. The highest BCUT2D eigenvalue weighted by molar-refractivity contribution is 5.96. The molecule has 0 aliphatic carbocycles. The molecule has 1 spiro atoms. The summed E-state index contributed by atoms with van der Waals surface area (Å²) in [5, 5.41) is 2.53. The van der Waals surface area contributed by atoms with Crippen LogP contribution in [0.2, 0.25) is 0 Å². The Bertz CT molecular complexity index is 722. The molecular formula is C16H16F4N2O2. The number of hydrogen-bond donors (Lipinski definition) is 1. The smallest absolute Gasteiger partial charge is 0.266 e. The number of benzene rings is 1. The first kappa shape index (κ1) is 16.7. The van der Waals surface area contributed by atoms with Crippen LogP contribution in [0, 0.1) is 24.0 Å². The third-order valence-electron chi connectivity index (χ3n) is 4.67. The van der Waals surface area contributed by atoms with Gasteiger partial charge >= 0.3 is 0 Å². The van der Waals surface area contributed by atoms with Crippen molar-refractivity contribution < 1.29 is 27.2 Å². The van der Waals surface area contributed by atoms with Crippen molar-refractivity contribution in [3.8, 4) is 0 Å². The third-order valence-corrected chi connectivity index (χ3v) is 4.67. The van der Waals surface area contributed by atoms with Gasteiger partial charge in [0.25, 0.3) is 11.8 Å². The lowest BCUT2D eigenvalue weighted by atomic mass is 9.77. The molecule has 1 aromatic carbocycles. The van der Waals surface area contributed by atoms with Crippen LogP contribution in [0.15, 0.2) is 12.1 Å². The van der Waals surface area contributed by atoms with Gasteiger partial charge in [0.05, 0.1) is 12.0 Å². The maximum atomic E-state index is 14.1. The van der Waals surface area contributed by atoms with Crippen LogP contribution in [0.4, 0.5) is 17.6 Å². The average Bonchev–Trinajstić information content (AvgIpc) is 2.80. The molecular weight excluding hydrogens is 328 g/mol. The number of aryl methyl sites for hydroxylation is 1. The molecule has 2 fully saturated rings. The molecule has 2 amide bonds. The Kier molecular flexibility index (Phi) is 3.80. The van der Waals surface area contributed by atoms with E-state index in [1.54, 1.807) is 0 Å². The summed E-state index contributed by atoms with van der Waals surface area (Å²) < 4.78 is 54.9. The van der Waals surface area contributed by atoms with Crippen molar-refractivity contribution in [1.82, 2.24) is 10.2 Å². The van der Waals surface area contributed by atoms with Crippen molar-refractivity contribution >= 4 is 11.8 Å². The van der Waals surface area contributed by atoms with Gasteiger partial charge in [-0.1, -0.05) is 0 Å². The van der Waals surface area contributed by atoms with Crippen LogP contribution < -0.4 is 5.32 Å². The monoisotopic (exact) mass is 344 g/mol. The summed E-state index contributed by atoms with van der Waals surface area (Å²) in [4.78, 5) is 25.5. The molecule has 3 rings (SSSR count). The molecule has 1 N–H and O–H groups in total. The Morgan fingerprint density at radius 3 is 2.50 bits per heavy atom. The second-order valence-corrected chi connectivity index (χ2v) is 6.56. The lowest BCUT2D eigenvalue weighted by Crippen LogP contribution is -2.57. The first-order chi connectivity index (χ1) is 11.1. The van der Waals surface area contributed by atoms with Gasteiger partial charge in [-0.2, -0.15) is 0 Å². The quantitative estimate of drug-likeness (QED) is 0.795. The second kappa shape index (κ2) is 5.46. The van der Waals surface area contributed by atoms with E-state index in [2.05, 4.69) is 5.32 Å². The van der Waals surface area contributed by atoms with Crippen molar-refractivity contribution in [2.45, 2.75) is 25.7 Å². The van der Waals surface area contributed by atoms with Crippen LogP contribution in [-0.4, -0.2) is 42.3 Å². The molecule has 0 aromatic heterocycles. The Balaban J connectivity index is 1.95.